The lowest BCUT2D eigenvalue weighted by Gasteiger charge is -2.23. The maximum atomic E-state index is 12.2. The summed E-state index contributed by atoms with van der Waals surface area (Å²) in [5.41, 5.74) is 1.08. The summed E-state index contributed by atoms with van der Waals surface area (Å²) in [6, 6.07) is 7.73. The third kappa shape index (κ3) is 4.53. The van der Waals surface area contributed by atoms with Gasteiger partial charge in [-0.1, -0.05) is 18.2 Å². The molecule has 0 aliphatic carbocycles. The van der Waals surface area contributed by atoms with Crippen LogP contribution in [0.15, 0.2) is 24.3 Å². The first-order valence-corrected chi connectivity index (χ1v) is 7.36. The molecule has 1 unspecified atom stereocenters. The van der Waals surface area contributed by atoms with E-state index in [-0.39, 0.29) is 11.9 Å². The number of nitrogens with zero attached hydrogens (tertiary/aromatic N) is 1. The number of carbonyl (C=O) groups excluding carboxylic acids is 1. The molecule has 1 amide bonds. The van der Waals surface area contributed by atoms with Crippen molar-refractivity contribution >= 4 is 5.91 Å². The lowest BCUT2D eigenvalue weighted by atomic mass is 10.2. The molecule has 4 heteroatoms. The second-order valence-electron chi connectivity index (χ2n) is 4.65. The minimum atomic E-state index is -0.190. The molecule has 1 rings (SSSR count). The first-order chi connectivity index (χ1) is 9.63. The Kier molecular flexibility index (Phi) is 7.09. The number of hydrogen-bond donors (Lipinski definition) is 1. The molecule has 1 N–H and O–H groups in total. The predicted octanol–water partition coefficient (Wildman–Crippen LogP) is 2.43. The van der Waals surface area contributed by atoms with Gasteiger partial charge in [0, 0.05) is 25.2 Å². The zero-order valence-corrected chi connectivity index (χ0v) is 13.0. The Morgan fingerprint density at radius 2 is 1.90 bits per heavy atom. The number of hydrogen-bond acceptors (Lipinski definition) is 3. The molecule has 1 atom stereocenters. The van der Waals surface area contributed by atoms with Crippen LogP contribution in [0.3, 0.4) is 0 Å². The Bertz CT molecular complexity index is 417. The van der Waals surface area contributed by atoms with E-state index in [1.54, 1.807) is 0 Å². The summed E-state index contributed by atoms with van der Waals surface area (Å²) < 4.78 is 5.58. The average molecular weight is 278 g/mol. The van der Waals surface area contributed by atoms with Crippen molar-refractivity contribution in [3.8, 4) is 5.75 Å². The number of nitrogens with one attached hydrogen (secondary N) is 1. The Balaban J connectivity index is 2.60. The third-order valence-corrected chi connectivity index (χ3v) is 3.32. The SMILES string of the molecule is CCOc1ccccc1CNC(C)C(=O)N(CC)CC. The van der Waals surface area contributed by atoms with E-state index in [2.05, 4.69) is 5.32 Å². The number of likely N-dealkylation sites (N-methyl/N-ethyl adjacent to an activating group) is 1. The van der Waals surface area contributed by atoms with Gasteiger partial charge in [0.1, 0.15) is 5.75 Å². The molecule has 20 heavy (non-hydrogen) atoms. The van der Waals surface area contributed by atoms with Crippen molar-refractivity contribution in [2.75, 3.05) is 19.7 Å². The van der Waals surface area contributed by atoms with Crippen LogP contribution >= 0.6 is 0 Å². The first kappa shape index (κ1) is 16.5. The van der Waals surface area contributed by atoms with Gasteiger partial charge in [-0.3, -0.25) is 4.79 Å². The van der Waals surface area contributed by atoms with E-state index in [1.807, 2.05) is 56.9 Å². The van der Waals surface area contributed by atoms with Crippen LogP contribution in [0.4, 0.5) is 0 Å². The number of rotatable bonds is 8. The third-order valence-electron chi connectivity index (χ3n) is 3.32. The summed E-state index contributed by atoms with van der Waals surface area (Å²) >= 11 is 0. The maximum Gasteiger partial charge on any atom is 0.239 e. The van der Waals surface area contributed by atoms with Gasteiger partial charge in [-0.05, 0) is 33.8 Å². The van der Waals surface area contributed by atoms with Crippen LogP contribution in [0, 0.1) is 0 Å². The second kappa shape index (κ2) is 8.59. The molecule has 0 aromatic heterocycles. The first-order valence-electron chi connectivity index (χ1n) is 7.36. The lowest BCUT2D eigenvalue weighted by molar-refractivity contribution is -0.132. The molecule has 0 bridgehead atoms. The molecule has 0 saturated heterocycles. The van der Waals surface area contributed by atoms with E-state index in [4.69, 9.17) is 4.74 Å². The number of carbonyl (C=O) groups is 1. The quantitative estimate of drug-likeness (QED) is 0.794. The van der Waals surface area contributed by atoms with Crippen molar-refractivity contribution in [2.45, 2.75) is 40.3 Å². The largest absolute Gasteiger partial charge is 0.494 e. The van der Waals surface area contributed by atoms with Crippen LogP contribution in [0.2, 0.25) is 0 Å². The summed E-state index contributed by atoms with van der Waals surface area (Å²) in [5.74, 6) is 1.02. The van der Waals surface area contributed by atoms with Gasteiger partial charge in [0.2, 0.25) is 5.91 Å². The van der Waals surface area contributed by atoms with Crippen LogP contribution in [0.5, 0.6) is 5.75 Å². The van der Waals surface area contributed by atoms with E-state index < -0.39 is 0 Å². The minimum Gasteiger partial charge on any atom is -0.494 e. The number of amides is 1. The highest BCUT2D eigenvalue weighted by Gasteiger charge is 2.17. The Labute approximate surface area is 122 Å². The van der Waals surface area contributed by atoms with E-state index in [0.717, 1.165) is 24.4 Å². The van der Waals surface area contributed by atoms with E-state index >= 15 is 0 Å². The van der Waals surface area contributed by atoms with Gasteiger partial charge in [0.05, 0.1) is 12.6 Å². The summed E-state index contributed by atoms with van der Waals surface area (Å²) in [7, 11) is 0. The fraction of sp³-hybridized carbons (Fsp3) is 0.562. The highest BCUT2D eigenvalue weighted by Crippen LogP contribution is 2.17. The molecule has 0 saturated carbocycles. The van der Waals surface area contributed by atoms with Gasteiger partial charge in [-0.15, -0.1) is 0 Å². The monoisotopic (exact) mass is 278 g/mol. The normalized spacial score (nSPS) is 12.0. The van der Waals surface area contributed by atoms with Gasteiger partial charge in [-0.2, -0.15) is 0 Å². The molecule has 0 spiro atoms. The number of para-hydroxylation sites is 1. The Hall–Kier alpha value is -1.55. The summed E-state index contributed by atoms with van der Waals surface area (Å²) in [5, 5.41) is 3.28. The van der Waals surface area contributed by atoms with Crippen molar-refractivity contribution in [1.29, 1.82) is 0 Å². The minimum absolute atomic E-state index is 0.142. The molecule has 1 aromatic rings. The van der Waals surface area contributed by atoms with Gasteiger partial charge < -0.3 is 15.0 Å². The molecule has 0 radical (unpaired) electrons. The van der Waals surface area contributed by atoms with Crippen molar-refractivity contribution in [1.82, 2.24) is 10.2 Å². The van der Waals surface area contributed by atoms with E-state index in [1.165, 1.54) is 0 Å². The second-order valence-corrected chi connectivity index (χ2v) is 4.65. The number of ether oxygens (including phenoxy) is 1. The molecule has 0 aliphatic heterocycles. The number of benzene rings is 1. The molecule has 0 heterocycles. The van der Waals surface area contributed by atoms with Crippen molar-refractivity contribution in [3.63, 3.8) is 0 Å². The van der Waals surface area contributed by atoms with Gasteiger partial charge >= 0.3 is 0 Å². The fourth-order valence-corrected chi connectivity index (χ4v) is 2.11. The van der Waals surface area contributed by atoms with Gasteiger partial charge in [0.25, 0.3) is 0 Å². The van der Waals surface area contributed by atoms with Crippen LogP contribution < -0.4 is 10.1 Å². The lowest BCUT2D eigenvalue weighted by Crippen LogP contribution is -2.44. The summed E-state index contributed by atoms with van der Waals surface area (Å²) in [6.45, 7) is 10.6. The fourth-order valence-electron chi connectivity index (χ4n) is 2.11. The maximum absolute atomic E-state index is 12.2. The average Bonchev–Trinajstić information content (AvgIpc) is 2.47. The van der Waals surface area contributed by atoms with Crippen molar-refractivity contribution in [2.24, 2.45) is 0 Å². The topological polar surface area (TPSA) is 41.6 Å². The van der Waals surface area contributed by atoms with Crippen LogP contribution in [0.25, 0.3) is 0 Å². The highest BCUT2D eigenvalue weighted by atomic mass is 16.5. The molecule has 1 aromatic carbocycles. The van der Waals surface area contributed by atoms with Crippen molar-refractivity contribution in [3.05, 3.63) is 29.8 Å². The molecular weight excluding hydrogens is 252 g/mol. The van der Waals surface area contributed by atoms with Gasteiger partial charge in [-0.25, -0.2) is 0 Å². The molecular formula is C16H26N2O2. The summed E-state index contributed by atoms with van der Waals surface area (Å²) in [6.07, 6.45) is 0. The summed E-state index contributed by atoms with van der Waals surface area (Å²) in [4.78, 5) is 14.0. The Morgan fingerprint density at radius 3 is 2.50 bits per heavy atom. The van der Waals surface area contributed by atoms with Gasteiger partial charge in [0.15, 0.2) is 0 Å². The molecule has 4 nitrogen and oxygen atoms in total. The highest BCUT2D eigenvalue weighted by molar-refractivity contribution is 5.81. The zero-order chi connectivity index (χ0) is 15.0. The van der Waals surface area contributed by atoms with Crippen LogP contribution in [-0.4, -0.2) is 36.5 Å². The van der Waals surface area contributed by atoms with E-state index in [0.29, 0.717) is 13.2 Å². The Morgan fingerprint density at radius 1 is 1.25 bits per heavy atom. The van der Waals surface area contributed by atoms with Crippen LogP contribution in [0.1, 0.15) is 33.3 Å². The molecule has 0 aliphatic rings. The van der Waals surface area contributed by atoms with E-state index in [9.17, 15) is 4.79 Å². The van der Waals surface area contributed by atoms with Crippen LogP contribution in [-0.2, 0) is 11.3 Å². The smallest absolute Gasteiger partial charge is 0.239 e. The molecule has 0 fully saturated rings. The predicted molar refractivity (Wildman–Crippen MR) is 81.8 cm³/mol. The zero-order valence-electron chi connectivity index (χ0n) is 13.0. The van der Waals surface area contributed by atoms with Crippen molar-refractivity contribution < 1.29 is 9.53 Å². The molecule has 112 valence electrons. The standard InChI is InChI=1S/C16H26N2O2/c1-5-18(6-2)16(19)13(4)17-12-14-10-8-9-11-15(14)20-7-3/h8-11,13,17H,5-7,12H2,1-4H3.